The highest BCUT2D eigenvalue weighted by Crippen LogP contribution is 2.26. The Morgan fingerprint density at radius 2 is 1.89 bits per heavy atom. The fraction of sp³-hybridized carbons (Fsp3) is 1.00. The highest BCUT2D eigenvalue weighted by atomic mass is 31.1. The third-order valence-electron chi connectivity index (χ3n) is 1.19. The number of rotatable bonds is 3. The Morgan fingerprint density at radius 1 is 1.44 bits per heavy atom. The van der Waals surface area contributed by atoms with Gasteiger partial charge in [0.1, 0.15) is 0 Å². The molecule has 0 amide bonds. The minimum Gasteiger partial charge on any atom is -0.161 e. The molecule has 2 unspecified atom stereocenters. The molecule has 2 atom stereocenters. The van der Waals surface area contributed by atoms with Crippen molar-refractivity contribution in [3.05, 3.63) is 0 Å². The lowest BCUT2D eigenvalue weighted by Crippen LogP contribution is -2.00. The van der Waals surface area contributed by atoms with Gasteiger partial charge in [-0.25, -0.2) is 0 Å². The average molecular weight is 149 g/mol. The van der Waals surface area contributed by atoms with Gasteiger partial charge in [0.05, 0.1) is 0 Å². The smallest absolute Gasteiger partial charge is 0.161 e. The van der Waals surface area contributed by atoms with Gasteiger partial charge in [-0.2, -0.15) is 4.89 Å². The molecule has 0 rings (SSSR count). The molecule has 0 aromatic carbocycles. The summed E-state index contributed by atoms with van der Waals surface area (Å²) in [6.07, 6.45) is 0.839. The molecule has 0 saturated heterocycles. The second kappa shape index (κ2) is 3.97. The van der Waals surface area contributed by atoms with Crippen LogP contribution in [-0.2, 0) is 4.57 Å². The lowest BCUT2D eigenvalue weighted by atomic mass is 10.1. The predicted molar refractivity (Wildman–Crippen MR) is 38.7 cm³/mol. The lowest BCUT2D eigenvalue weighted by Gasteiger charge is -2.00. The monoisotopic (exact) mass is 149 g/mol. The normalized spacial score (nSPS) is 15.9. The zero-order chi connectivity index (χ0) is 7.44. The lowest BCUT2D eigenvalue weighted by molar-refractivity contribution is 0.472. The quantitative estimate of drug-likeness (QED) is 0.624. The summed E-state index contributed by atoms with van der Waals surface area (Å²) in [5, 5.41) is 0. The van der Waals surface area contributed by atoms with Crippen LogP contribution in [0.25, 0.3) is 0 Å². The first kappa shape index (κ1) is 9.06. The average Bonchev–Trinajstić information content (AvgIpc) is 1.63. The van der Waals surface area contributed by atoms with Gasteiger partial charge in [-0.3, -0.25) is 0 Å². The van der Waals surface area contributed by atoms with Crippen molar-refractivity contribution in [3.63, 3.8) is 0 Å². The summed E-state index contributed by atoms with van der Waals surface area (Å²) in [5.41, 5.74) is -0.0417. The maximum atomic E-state index is 10.4. The van der Waals surface area contributed by atoms with Crippen molar-refractivity contribution in [2.45, 2.75) is 32.9 Å². The zero-order valence-electron chi connectivity index (χ0n) is 6.16. The maximum absolute atomic E-state index is 10.4. The molecule has 0 aliphatic heterocycles. The van der Waals surface area contributed by atoms with Crippen molar-refractivity contribution >= 4 is 8.03 Å². The molecule has 54 valence electrons. The van der Waals surface area contributed by atoms with E-state index in [1.165, 1.54) is 0 Å². The molecule has 0 bridgehead atoms. The van der Waals surface area contributed by atoms with Crippen molar-refractivity contribution in [2.24, 2.45) is 5.92 Å². The Bertz CT molecular complexity index is 101. The van der Waals surface area contributed by atoms with E-state index in [4.69, 9.17) is 4.89 Å². The van der Waals surface area contributed by atoms with E-state index in [2.05, 4.69) is 13.8 Å². The summed E-state index contributed by atoms with van der Waals surface area (Å²) in [6.45, 7) is 5.91. The van der Waals surface area contributed by atoms with E-state index in [-0.39, 0.29) is 5.66 Å². The molecule has 0 saturated carbocycles. The molecule has 1 N–H and O–H groups in total. The third-order valence-corrected chi connectivity index (χ3v) is 2.15. The second-order valence-corrected chi connectivity index (χ2v) is 4.27. The van der Waals surface area contributed by atoms with Crippen LogP contribution >= 0.6 is 8.03 Å². The summed E-state index contributed by atoms with van der Waals surface area (Å²) >= 11 is 0. The SMILES string of the molecule is CC(C)CC(C)[P+](=O)O. The standard InChI is InChI=1S/C6H13O2P/c1-5(2)4-6(3)9(7)8/h5-6H,4H2,1-3H3/p+1. The maximum Gasteiger partial charge on any atom is 0.508 e. The molecule has 0 aliphatic carbocycles. The highest BCUT2D eigenvalue weighted by Gasteiger charge is 2.23. The first-order valence-corrected chi connectivity index (χ1v) is 4.47. The van der Waals surface area contributed by atoms with Crippen molar-refractivity contribution in [3.8, 4) is 0 Å². The zero-order valence-corrected chi connectivity index (χ0v) is 7.06. The Morgan fingerprint density at radius 3 is 2.00 bits per heavy atom. The molecule has 0 fully saturated rings. The highest BCUT2D eigenvalue weighted by molar-refractivity contribution is 7.38. The molecule has 3 heteroatoms. The van der Waals surface area contributed by atoms with Gasteiger partial charge in [0, 0.05) is 0 Å². The van der Waals surface area contributed by atoms with Gasteiger partial charge in [-0.1, -0.05) is 13.8 Å². The van der Waals surface area contributed by atoms with Crippen LogP contribution < -0.4 is 0 Å². The van der Waals surface area contributed by atoms with Gasteiger partial charge in [0.2, 0.25) is 0 Å². The Labute approximate surface area is 57.1 Å². The molecule has 0 heterocycles. The fourth-order valence-electron chi connectivity index (χ4n) is 0.772. The van der Waals surface area contributed by atoms with Crippen LogP contribution in [0.3, 0.4) is 0 Å². The van der Waals surface area contributed by atoms with E-state index in [1.807, 2.05) is 0 Å². The van der Waals surface area contributed by atoms with Crippen LogP contribution in [-0.4, -0.2) is 10.6 Å². The van der Waals surface area contributed by atoms with E-state index >= 15 is 0 Å². The minimum atomic E-state index is -1.94. The van der Waals surface area contributed by atoms with E-state index in [0.717, 1.165) is 6.42 Å². The molecule has 0 aliphatic rings. The first-order valence-electron chi connectivity index (χ1n) is 3.19. The van der Waals surface area contributed by atoms with Gasteiger partial charge >= 0.3 is 8.03 Å². The van der Waals surface area contributed by atoms with Crippen LogP contribution in [0.5, 0.6) is 0 Å². The molecule has 9 heavy (non-hydrogen) atoms. The van der Waals surface area contributed by atoms with E-state index in [0.29, 0.717) is 5.92 Å². The molecule has 0 radical (unpaired) electrons. The Hall–Kier alpha value is 0.0600. The van der Waals surface area contributed by atoms with Crippen molar-refractivity contribution in [1.29, 1.82) is 0 Å². The van der Waals surface area contributed by atoms with Gasteiger partial charge in [-0.15, -0.1) is 0 Å². The Balaban J connectivity index is 3.50. The van der Waals surface area contributed by atoms with Crippen LogP contribution in [0.15, 0.2) is 0 Å². The van der Waals surface area contributed by atoms with Crippen LogP contribution in [0.4, 0.5) is 0 Å². The molecule has 2 nitrogen and oxygen atoms in total. The van der Waals surface area contributed by atoms with Gasteiger partial charge in [0.25, 0.3) is 0 Å². The number of hydrogen-bond acceptors (Lipinski definition) is 1. The first-order chi connectivity index (χ1) is 4.04. The number of hydrogen-bond donors (Lipinski definition) is 1. The molecular weight excluding hydrogens is 135 g/mol. The van der Waals surface area contributed by atoms with Crippen LogP contribution in [0.1, 0.15) is 27.2 Å². The van der Waals surface area contributed by atoms with E-state index in [9.17, 15) is 4.57 Å². The predicted octanol–water partition coefficient (Wildman–Crippen LogP) is 2.16. The van der Waals surface area contributed by atoms with E-state index in [1.54, 1.807) is 6.92 Å². The molecule has 0 aromatic heterocycles. The van der Waals surface area contributed by atoms with Crippen LogP contribution in [0, 0.1) is 5.92 Å². The van der Waals surface area contributed by atoms with Gasteiger partial charge in [0.15, 0.2) is 5.66 Å². The topological polar surface area (TPSA) is 37.3 Å². The van der Waals surface area contributed by atoms with Gasteiger partial charge < -0.3 is 0 Å². The van der Waals surface area contributed by atoms with Crippen molar-refractivity contribution < 1.29 is 9.46 Å². The van der Waals surface area contributed by atoms with Gasteiger partial charge in [-0.05, 0) is 23.8 Å². The summed E-state index contributed by atoms with van der Waals surface area (Å²) in [5.74, 6) is 0.520. The largest absolute Gasteiger partial charge is 0.508 e. The Kier molecular flexibility index (Phi) is 4.00. The second-order valence-electron chi connectivity index (χ2n) is 2.78. The van der Waals surface area contributed by atoms with Crippen LogP contribution in [0.2, 0.25) is 0 Å². The van der Waals surface area contributed by atoms with Crippen molar-refractivity contribution in [2.75, 3.05) is 0 Å². The fourth-order valence-corrected chi connectivity index (χ4v) is 1.37. The summed E-state index contributed by atoms with van der Waals surface area (Å²) < 4.78 is 10.4. The third kappa shape index (κ3) is 4.56. The molecule has 0 spiro atoms. The molecular formula is C6H14O2P+. The summed E-state index contributed by atoms with van der Waals surface area (Å²) in [6, 6.07) is 0. The molecule has 0 aromatic rings. The van der Waals surface area contributed by atoms with Crippen molar-refractivity contribution in [1.82, 2.24) is 0 Å². The summed E-state index contributed by atoms with van der Waals surface area (Å²) in [4.78, 5) is 8.58. The van der Waals surface area contributed by atoms with E-state index < -0.39 is 8.03 Å². The summed E-state index contributed by atoms with van der Waals surface area (Å²) in [7, 11) is -1.94. The minimum absolute atomic E-state index is 0.0417.